The average molecular weight is 341 g/mol. The van der Waals surface area contributed by atoms with Crippen LogP contribution in [0.1, 0.15) is 0 Å². The van der Waals surface area contributed by atoms with Crippen LogP contribution < -0.4 is 0 Å². The van der Waals surface area contributed by atoms with Gasteiger partial charge in [-0.1, -0.05) is 0 Å². The first kappa shape index (κ1) is 16.5. The van der Waals surface area contributed by atoms with Crippen molar-refractivity contribution in [2.45, 2.75) is 0 Å². The Morgan fingerprint density at radius 3 is 1.70 bits per heavy atom. The second-order valence-electron chi connectivity index (χ2n) is 4.12. The molecule has 23 heavy (non-hydrogen) atoms. The van der Waals surface area contributed by atoms with E-state index in [-0.39, 0.29) is 6.07 Å². The summed E-state index contributed by atoms with van der Waals surface area (Å²) in [6.45, 7) is 0. The molecule has 0 atom stereocenters. The normalized spacial score (nSPS) is 10.9. The summed E-state index contributed by atoms with van der Waals surface area (Å²) < 4.78 is 93.6. The van der Waals surface area contributed by atoms with Crippen LogP contribution in [0.2, 0.25) is 0 Å². The quantitative estimate of drug-likeness (QED) is 0.296. The van der Waals surface area contributed by atoms with E-state index in [9.17, 15) is 40.8 Å². The number of nitrogens with zero attached hydrogens (tertiary/aromatic N) is 1. The van der Waals surface area contributed by atoms with E-state index in [2.05, 4.69) is 0 Å². The molecule has 0 heterocycles. The zero-order valence-corrected chi connectivity index (χ0v) is 10.4. The van der Waals surface area contributed by atoms with Crippen molar-refractivity contribution in [2.24, 2.45) is 0 Å². The number of phenols is 1. The molecule has 2 aromatic rings. The van der Waals surface area contributed by atoms with Crippen molar-refractivity contribution in [3.05, 3.63) is 56.9 Å². The van der Waals surface area contributed by atoms with Gasteiger partial charge in [0.2, 0.25) is 17.4 Å². The Labute approximate surface area is 121 Å². The van der Waals surface area contributed by atoms with Crippen molar-refractivity contribution in [1.82, 2.24) is 0 Å². The summed E-state index contributed by atoms with van der Waals surface area (Å²) in [7, 11) is 0. The Morgan fingerprint density at radius 1 is 0.826 bits per heavy atom. The van der Waals surface area contributed by atoms with Gasteiger partial charge in [-0.2, -0.15) is 4.39 Å². The Hall–Kier alpha value is -2.85. The molecule has 0 spiro atoms. The summed E-state index contributed by atoms with van der Waals surface area (Å²) in [6, 6.07) is -0.129. The summed E-state index contributed by atoms with van der Waals surface area (Å²) in [6.07, 6.45) is 0. The van der Waals surface area contributed by atoms with E-state index in [1.807, 2.05) is 0 Å². The van der Waals surface area contributed by atoms with Gasteiger partial charge in [0.15, 0.2) is 29.1 Å². The fourth-order valence-electron chi connectivity index (χ4n) is 1.79. The van der Waals surface area contributed by atoms with Crippen molar-refractivity contribution in [2.75, 3.05) is 0 Å². The number of hydrogen-bond acceptors (Lipinski definition) is 3. The maximum Gasteiger partial charge on any atom is 0.349 e. The van der Waals surface area contributed by atoms with Crippen molar-refractivity contribution < 1.29 is 40.8 Å². The number of aromatic hydroxyl groups is 1. The first-order valence-electron chi connectivity index (χ1n) is 5.46. The van der Waals surface area contributed by atoms with Gasteiger partial charge in [0, 0.05) is 5.56 Å². The minimum absolute atomic E-state index is 0.129. The van der Waals surface area contributed by atoms with E-state index in [0.29, 0.717) is 0 Å². The molecule has 0 radical (unpaired) electrons. The summed E-state index contributed by atoms with van der Waals surface area (Å²) in [5.41, 5.74) is -5.43. The van der Waals surface area contributed by atoms with Crippen LogP contribution in [0.5, 0.6) is 5.75 Å². The fourth-order valence-corrected chi connectivity index (χ4v) is 1.79. The number of nitro benzene ring substituents is 1. The summed E-state index contributed by atoms with van der Waals surface area (Å²) in [5.74, 6) is -18.3. The van der Waals surface area contributed by atoms with Crippen LogP contribution in [0, 0.1) is 50.8 Å². The van der Waals surface area contributed by atoms with Crippen LogP contribution in [0.25, 0.3) is 11.1 Å². The molecule has 0 saturated heterocycles. The highest BCUT2D eigenvalue weighted by Gasteiger charge is 2.34. The molecular formula is C12H2F7NO3. The Morgan fingerprint density at radius 2 is 1.26 bits per heavy atom. The van der Waals surface area contributed by atoms with E-state index < -0.39 is 68.2 Å². The first-order valence-corrected chi connectivity index (χ1v) is 5.46. The molecule has 0 unspecified atom stereocenters. The zero-order chi connectivity index (χ0) is 17.6. The van der Waals surface area contributed by atoms with Crippen molar-refractivity contribution in [3.8, 4) is 16.9 Å². The maximum atomic E-state index is 13.9. The summed E-state index contributed by atoms with van der Waals surface area (Å²) >= 11 is 0. The summed E-state index contributed by atoms with van der Waals surface area (Å²) in [5, 5.41) is 19.6. The third kappa shape index (κ3) is 2.33. The lowest BCUT2D eigenvalue weighted by Gasteiger charge is -2.10. The summed E-state index contributed by atoms with van der Waals surface area (Å²) in [4.78, 5) is 8.96. The highest BCUT2D eigenvalue weighted by Crippen LogP contribution is 2.40. The minimum Gasteiger partial charge on any atom is -0.500 e. The Kier molecular flexibility index (Phi) is 3.89. The predicted octanol–water partition coefficient (Wildman–Crippen LogP) is 3.94. The van der Waals surface area contributed by atoms with Gasteiger partial charge in [-0.3, -0.25) is 10.1 Å². The van der Waals surface area contributed by atoms with E-state index in [1.54, 1.807) is 0 Å². The number of halogens is 7. The molecule has 0 aliphatic rings. The van der Waals surface area contributed by atoms with Crippen molar-refractivity contribution >= 4 is 5.69 Å². The number of nitro groups is 1. The topological polar surface area (TPSA) is 63.4 Å². The molecule has 122 valence electrons. The largest absolute Gasteiger partial charge is 0.500 e. The Bertz CT molecular complexity index is 825. The van der Waals surface area contributed by atoms with Crippen LogP contribution in [0.3, 0.4) is 0 Å². The number of hydrogen-bond donors (Lipinski definition) is 1. The molecular weight excluding hydrogens is 339 g/mol. The molecule has 0 aromatic heterocycles. The van der Waals surface area contributed by atoms with Gasteiger partial charge in [-0.25, -0.2) is 26.3 Å². The van der Waals surface area contributed by atoms with Crippen molar-refractivity contribution in [1.29, 1.82) is 0 Å². The van der Waals surface area contributed by atoms with Crippen LogP contribution in [-0.4, -0.2) is 10.0 Å². The van der Waals surface area contributed by atoms with Gasteiger partial charge >= 0.3 is 5.69 Å². The van der Waals surface area contributed by atoms with Gasteiger partial charge in [-0.05, 0) is 6.07 Å². The van der Waals surface area contributed by atoms with Crippen LogP contribution >= 0.6 is 0 Å². The molecule has 1 N–H and O–H groups in total. The lowest BCUT2D eigenvalue weighted by molar-refractivity contribution is -0.388. The number of rotatable bonds is 2. The molecule has 4 nitrogen and oxygen atoms in total. The molecule has 0 aliphatic heterocycles. The van der Waals surface area contributed by atoms with Gasteiger partial charge in [-0.15, -0.1) is 0 Å². The highest BCUT2D eigenvalue weighted by molar-refractivity contribution is 5.71. The second kappa shape index (κ2) is 5.41. The molecule has 2 aromatic carbocycles. The monoisotopic (exact) mass is 341 g/mol. The van der Waals surface area contributed by atoms with E-state index in [4.69, 9.17) is 5.11 Å². The molecule has 0 saturated carbocycles. The van der Waals surface area contributed by atoms with Gasteiger partial charge in [0.25, 0.3) is 0 Å². The van der Waals surface area contributed by atoms with E-state index in [0.717, 1.165) is 0 Å². The fraction of sp³-hybridized carbons (Fsp3) is 0. The van der Waals surface area contributed by atoms with Gasteiger partial charge < -0.3 is 5.11 Å². The van der Waals surface area contributed by atoms with Crippen molar-refractivity contribution in [3.63, 3.8) is 0 Å². The first-order chi connectivity index (χ1) is 10.6. The lowest BCUT2D eigenvalue weighted by atomic mass is 10.0. The smallest absolute Gasteiger partial charge is 0.349 e. The zero-order valence-electron chi connectivity index (χ0n) is 10.4. The third-order valence-corrected chi connectivity index (χ3v) is 2.83. The second-order valence-corrected chi connectivity index (χ2v) is 4.12. The third-order valence-electron chi connectivity index (χ3n) is 2.83. The molecule has 11 heteroatoms. The van der Waals surface area contributed by atoms with Crippen LogP contribution in [0.15, 0.2) is 6.07 Å². The number of phenolic OH excluding ortho intramolecular Hbond substituents is 1. The van der Waals surface area contributed by atoms with Gasteiger partial charge in [0.05, 0.1) is 10.5 Å². The molecule has 0 aliphatic carbocycles. The average Bonchev–Trinajstić information content (AvgIpc) is 2.48. The van der Waals surface area contributed by atoms with Gasteiger partial charge in [0.1, 0.15) is 0 Å². The Balaban J connectivity index is 2.98. The van der Waals surface area contributed by atoms with Crippen LogP contribution in [0.4, 0.5) is 36.4 Å². The molecule has 2 rings (SSSR count). The molecule has 0 amide bonds. The lowest BCUT2D eigenvalue weighted by Crippen LogP contribution is -2.06. The molecule has 0 fully saturated rings. The van der Waals surface area contributed by atoms with E-state index in [1.165, 1.54) is 0 Å². The highest BCUT2D eigenvalue weighted by atomic mass is 19.2. The predicted molar refractivity (Wildman–Crippen MR) is 59.9 cm³/mol. The maximum absolute atomic E-state index is 13.9. The minimum atomic E-state index is -2.54. The molecule has 0 bridgehead atoms. The number of benzene rings is 2. The standard InChI is InChI=1S/C12H2F7NO3/c13-3-1-2(5(14)11(12(3)21)20(22)23)4-6(15)8(17)10(19)9(18)7(4)16/h1,21H. The van der Waals surface area contributed by atoms with E-state index >= 15 is 0 Å². The van der Waals surface area contributed by atoms with Crippen LogP contribution in [-0.2, 0) is 0 Å². The SMILES string of the molecule is O=[N+]([O-])c1c(O)c(F)cc(-c2c(F)c(F)c(F)c(F)c2F)c1F.